The van der Waals surface area contributed by atoms with E-state index in [0.717, 1.165) is 18.6 Å². The lowest BCUT2D eigenvalue weighted by atomic mass is 10.0. The molecule has 2 rings (SSSR count). The van der Waals surface area contributed by atoms with Gasteiger partial charge in [0, 0.05) is 40.4 Å². The molecule has 0 radical (unpaired) electrons. The van der Waals surface area contributed by atoms with Crippen LogP contribution < -0.4 is 38.5 Å². The number of thioether (sulfide) groups is 1. The van der Waals surface area contributed by atoms with Gasteiger partial charge in [0.2, 0.25) is 23.6 Å². The molecule has 18 heteroatoms. The molecule has 0 aromatic rings. The smallest absolute Gasteiger partial charge is 0.315 e. The van der Waals surface area contributed by atoms with Crippen LogP contribution in [0.2, 0.25) is 0 Å². The van der Waals surface area contributed by atoms with Gasteiger partial charge in [-0.1, -0.05) is 39.5 Å². The predicted octanol–water partition coefficient (Wildman–Crippen LogP) is -0.158. The zero-order chi connectivity index (χ0) is 29.5. The standard InChI is InChI=1S/C22H38N10O5S3/c23-12(5-3-4-8-27-32-26)21(36)29-15(20(25)35)11-40-39-10-14(19(24)34)28-17(33)7-2-1-6-16-18-13(9-38-16)30-22(37)31-18/h12-16,18H,1-11,23H2,(H2,24,34)(H2,25,35)(H,28,33)(H,29,36)(H2,30,31,37)/t12-,13-,14+,15+,16-,18-/m0/s1. The lowest BCUT2D eigenvalue weighted by Gasteiger charge is -2.19. The Morgan fingerprint density at radius 3 is 2.38 bits per heavy atom. The molecule has 0 spiro atoms. The SMILES string of the molecule is [N-]=[N+]=NCCCC[C@H](N)C(=O)N[C@H](CSSC[C@@H](NC(=O)CCCC[C@@H]1SC[C@@H]2NC(=O)N[C@@H]21)C(N)=O)C(N)=O. The van der Waals surface area contributed by atoms with E-state index in [0.29, 0.717) is 37.5 Å². The molecule has 2 aliphatic rings. The number of fused-ring (bicyclic) bond motifs is 1. The van der Waals surface area contributed by atoms with Gasteiger partial charge in [-0.3, -0.25) is 19.2 Å². The van der Waals surface area contributed by atoms with E-state index in [1.54, 1.807) is 0 Å². The Balaban J connectivity index is 1.64. The van der Waals surface area contributed by atoms with Crippen molar-refractivity contribution < 1.29 is 24.0 Å². The van der Waals surface area contributed by atoms with Crippen LogP contribution in [0, 0.1) is 0 Å². The summed E-state index contributed by atoms with van der Waals surface area (Å²) in [5, 5.41) is 14.8. The van der Waals surface area contributed by atoms with Gasteiger partial charge in [0.25, 0.3) is 0 Å². The highest BCUT2D eigenvalue weighted by atomic mass is 33.1. The molecule has 0 aliphatic carbocycles. The third-order valence-electron chi connectivity index (χ3n) is 6.40. The van der Waals surface area contributed by atoms with E-state index in [9.17, 15) is 24.0 Å². The summed E-state index contributed by atoms with van der Waals surface area (Å²) in [5.41, 5.74) is 25.0. The van der Waals surface area contributed by atoms with Crippen molar-refractivity contribution in [1.29, 1.82) is 0 Å². The summed E-state index contributed by atoms with van der Waals surface area (Å²) in [7, 11) is 2.42. The summed E-state index contributed by atoms with van der Waals surface area (Å²) in [4.78, 5) is 62.5. The van der Waals surface area contributed by atoms with Crippen molar-refractivity contribution in [2.24, 2.45) is 22.3 Å². The zero-order valence-electron chi connectivity index (χ0n) is 22.1. The van der Waals surface area contributed by atoms with Gasteiger partial charge < -0.3 is 38.5 Å². The molecule has 2 fully saturated rings. The third-order valence-corrected chi connectivity index (χ3v) is 10.3. The zero-order valence-corrected chi connectivity index (χ0v) is 24.5. The summed E-state index contributed by atoms with van der Waals surface area (Å²) >= 11 is 1.82. The summed E-state index contributed by atoms with van der Waals surface area (Å²) in [6, 6.07) is -2.54. The normalized spacial score (nSPS) is 21.6. The maximum absolute atomic E-state index is 12.4. The Labute approximate surface area is 244 Å². The topological polar surface area (TPSA) is 260 Å². The van der Waals surface area contributed by atoms with E-state index >= 15 is 0 Å². The Bertz CT molecular complexity index is 954. The van der Waals surface area contributed by atoms with Crippen LogP contribution in [-0.2, 0) is 19.2 Å². The lowest BCUT2D eigenvalue weighted by Crippen LogP contribution is -2.51. The Morgan fingerprint density at radius 2 is 1.73 bits per heavy atom. The number of nitrogens with two attached hydrogens (primary N) is 3. The number of azide groups is 1. The highest BCUT2D eigenvalue weighted by Crippen LogP contribution is 2.33. The van der Waals surface area contributed by atoms with Gasteiger partial charge in [0.05, 0.1) is 18.1 Å². The van der Waals surface area contributed by atoms with E-state index < -0.39 is 35.8 Å². The minimum absolute atomic E-state index is 0.126. The summed E-state index contributed by atoms with van der Waals surface area (Å²) in [6.45, 7) is 0.315. The van der Waals surface area contributed by atoms with Gasteiger partial charge >= 0.3 is 6.03 Å². The lowest BCUT2D eigenvalue weighted by molar-refractivity contribution is -0.127. The molecule has 40 heavy (non-hydrogen) atoms. The molecule has 0 aromatic heterocycles. The van der Waals surface area contributed by atoms with Crippen LogP contribution in [0.25, 0.3) is 10.4 Å². The quantitative estimate of drug-likeness (QED) is 0.0238. The number of carbonyl (C=O) groups is 5. The van der Waals surface area contributed by atoms with Crippen molar-refractivity contribution in [1.82, 2.24) is 21.3 Å². The number of hydrogen-bond donors (Lipinski definition) is 7. The number of carbonyl (C=O) groups excluding carboxylic acids is 5. The number of nitrogens with zero attached hydrogens (tertiary/aromatic N) is 3. The van der Waals surface area contributed by atoms with Crippen LogP contribution in [0.3, 0.4) is 0 Å². The molecule has 0 saturated carbocycles. The highest BCUT2D eigenvalue weighted by molar-refractivity contribution is 8.76. The van der Waals surface area contributed by atoms with Crippen LogP contribution >= 0.6 is 33.3 Å². The van der Waals surface area contributed by atoms with Crippen LogP contribution in [-0.4, -0.2) is 88.9 Å². The first kappa shape index (κ1) is 33.7. The largest absolute Gasteiger partial charge is 0.368 e. The second kappa shape index (κ2) is 18.0. The molecule has 224 valence electrons. The van der Waals surface area contributed by atoms with Crippen molar-refractivity contribution >= 4 is 63.0 Å². The van der Waals surface area contributed by atoms with Gasteiger partial charge in [0.15, 0.2) is 0 Å². The Kier molecular flexibility index (Phi) is 15.2. The fourth-order valence-corrected chi connectivity index (χ4v) is 8.06. The molecular weight excluding hydrogens is 581 g/mol. The second-order valence-corrected chi connectivity index (χ2v) is 13.3. The fourth-order valence-electron chi connectivity index (χ4n) is 4.16. The average molecular weight is 619 g/mol. The number of unbranched alkanes of at least 4 members (excludes halogenated alkanes) is 2. The first-order valence-electron chi connectivity index (χ1n) is 13.0. The van der Waals surface area contributed by atoms with Gasteiger partial charge in [-0.15, -0.1) is 0 Å². The van der Waals surface area contributed by atoms with E-state index in [4.69, 9.17) is 22.7 Å². The van der Waals surface area contributed by atoms with Crippen LogP contribution in [0.5, 0.6) is 0 Å². The molecule has 2 aliphatic heterocycles. The molecular formula is C22H38N10O5S3. The number of urea groups is 1. The third kappa shape index (κ3) is 11.9. The van der Waals surface area contributed by atoms with Crippen molar-refractivity contribution in [3.8, 4) is 0 Å². The van der Waals surface area contributed by atoms with Crippen molar-refractivity contribution in [2.75, 3.05) is 23.8 Å². The summed E-state index contributed by atoms with van der Waals surface area (Å²) in [5.74, 6) is -1.02. The second-order valence-electron chi connectivity index (χ2n) is 9.48. The van der Waals surface area contributed by atoms with E-state index in [2.05, 4.69) is 31.3 Å². The maximum Gasteiger partial charge on any atom is 0.315 e. The van der Waals surface area contributed by atoms with Crippen molar-refractivity contribution in [3.05, 3.63) is 10.4 Å². The monoisotopic (exact) mass is 618 g/mol. The number of amides is 6. The first-order chi connectivity index (χ1) is 19.1. The molecule has 15 nitrogen and oxygen atoms in total. The molecule has 0 aromatic carbocycles. The fraction of sp³-hybridized carbons (Fsp3) is 0.773. The van der Waals surface area contributed by atoms with E-state index in [-0.39, 0.29) is 41.9 Å². The number of primary amides is 2. The van der Waals surface area contributed by atoms with Gasteiger partial charge in [0.1, 0.15) is 12.1 Å². The van der Waals surface area contributed by atoms with Crippen LogP contribution in [0.4, 0.5) is 4.79 Å². The van der Waals surface area contributed by atoms with E-state index in [1.165, 1.54) is 21.6 Å². The molecule has 2 saturated heterocycles. The molecule has 6 atom stereocenters. The van der Waals surface area contributed by atoms with Crippen LogP contribution in [0.15, 0.2) is 5.11 Å². The molecule has 0 unspecified atom stereocenters. The number of nitrogens with one attached hydrogen (secondary N) is 4. The average Bonchev–Trinajstić information content (AvgIpc) is 3.46. The van der Waals surface area contributed by atoms with Gasteiger partial charge in [-0.05, 0) is 31.2 Å². The molecule has 10 N–H and O–H groups in total. The molecule has 0 bridgehead atoms. The first-order valence-corrected chi connectivity index (χ1v) is 16.5. The number of hydrogen-bond acceptors (Lipinski definition) is 10. The maximum atomic E-state index is 12.4. The van der Waals surface area contributed by atoms with Crippen molar-refractivity contribution in [2.45, 2.75) is 80.4 Å². The minimum Gasteiger partial charge on any atom is -0.368 e. The summed E-state index contributed by atoms with van der Waals surface area (Å²) in [6.07, 6.45) is 4.12. The van der Waals surface area contributed by atoms with Gasteiger partial charge in [-0.25, -0.2) is 4.79 Å². The van der Waals surface area contributed by atoms with Gasteiger partial charge in [-0.2, -0.15) is 11.8 Å². The van der Waals surface area contributed by atoms with Crippen molar-refractivity contribution in [3.63, 3.8) is 0 Å². The molecule has 6 amide bonds. The minimum atomic E-state index is -0.970. The highest BCUT2D eigenvalue weighted by Gasteiger charge is 2.42. The Hall–Kier alpha value is -2.53. The van der Waals surface area contributed by atoms with Crippen LogP contribution in [0.1, 0.15) is 44.9 Å². The number of rotatable bonds is 20. The van der Waals surface area contributed by atoms with E-state index in [1.807, 2.05) is 11.8 Å². The Morgan fingerprint density at radius 1 is 1.05 bits per heavy atom. The predicted molar refractivity (Wildman–Crippen MR) is 157 cm³/mol. The summed E-state index contributed by atoms with van der Waals surface area (Å²) < 4.78 is 0. The molecule has 2 heterocycles.